The van der Waals surface area contributed by atoms with Gasteiger partial charge in [-0.1, -0.05) is 0 Å². The Morgan fingerprint density at radius 2 is 2.07 bits per heavy atom. The summed E-state index contributed by atoms with van der Waals surface area (Å²) in [7, 11) is 0. The third-order valence-corrected chi connectivity index (χ3v) is 4.98. The molecule has 2 saturated carbocycles. The molecule has 3 N–H and O–H groups in total. The van der Waals surface area contributed by atoms with E-state index < -0.39 is 17.8 Å². The normalized spacial score (nSPS) is 21.4. The topological polar surface area (TPSA) is 90.9 Å². The molecule has 3 rings (SSSR count). The first-order chi connectivity index (χ1) is 12.9. The number of nitrogens with one attached hydrogen (secondary N) is 2. The molecular formula is C19H26FN3O4. The number of urea groups is 1. The second-order valence-corrected chi connectivity index (χ2v) is 7.27. The van der Waals surface area contributed by atoms with Crippen molar-refractivity contribution >= 4 is 17.7 Å². The Labute approximate surface area is 157 Å². The molecule has 0 heterocycles. The van der Waals surface area contributed by atoms with Crippen molar-refractivity contribution in [2.75, 3.05) is 25.0 Å². The fourth-order valence-electron chi connectivity index (χ4n) is 3.36. The zero-order valence-corrected chi connectivity index (χ0v) is 15.4. The van der Waals surface area contributed by atoms with Gasteiger partial charge in [-0.2, -0.15) is 0 Å². The van der Waals surface area contributed by atoms with Gasteiger partial charge in [-0.15, -0.1) is 0 Å². The van der Waals surface area contributed by atoms with Crippen molar-refractivity contribution in [3.63, 3.8) is 0 Å². The van der Waals surface area contributed by atoms with Crippen LogP contribution >= 0.6 is 0 Å². The van der Waals surface area contributed by atoms with Gasteiger partial charge in [0.15, 0.2) is 11.6 Å². The average molecular weight is 379 g/mol. The Balaban J connectivity index is 1.44. The largest absolute Gasteiger partial charge is 0.491 e. The van der Waals surface area contributed by atoms with Gasteiger partial charge in [0.1, 0.15) is 0 Å². The maximum absolute atomic E-state index is 13.8. The summed E-state index contributed by atoms with van der Waals surface area (Å²) in [5.74, 6) is -0.571. The van der Waals surface area contributed by atoms with Gasteiger partial charge in [-0.05, 0) is 50.7 Å². The first-order valence-electron chi connectivity index (χ1n) is 9.40. The van der Waals surface area contributed by atoms with Crippen molar-refractivity contribution in [3.05, 3.63) is 24.0 Å². The lowest BCUT2D eigenvalue weighted by Gasteiger charge is -2.42. The van der Waals surface area contributed by atoms with E-state index in [2.05, 4.69) is 10.6 Å². The van der Waals surface area contributed by atoms with E-state index in [1.165, 1.54) is 25.0 Å². The Kier molecular flexibility index (Phi) is 6.15. The SMILES string of the molecule is CCOc1ccc(NC(=O)NC2CC(N(CC(=O)O)CC3CC3)C2)cc1F. The van der Waals surface area contributed by atoms with Gasteiger partial charge < -0.3 is 20.5 Å². The second-order valence-electron chi connectivity index (χ2n) is 7.27. The number of aliphatic carboxylic acids is 1. The number of benzene rings is 1. The minimum atomic E-state index is -0.817. The predicted octanol–water partition coefficient (Wildman–Crippen LogP) is 2.67. The predicted molar refractivity (Wildman–Crippen MR) is 98.5 cm³/mol. The number of carbonyl (C=O) groups excluding carboxylic acids is 1. The van der Waals surface area contributed by atoms with E-state index in [1.807, 2.05) is 4.90 Å². The van der Waals surface area contributed by atoms with Gasteiger partial charge in [0.25, 0.3) is 0 Å². The minimum absolute atomic E-state index is 0.00181. The number of carboxylic acid groups (broad SMARTS) is 1. The number of nitrogens with zero attached hydrogens (tertiary/aromatic N) is 1. The number of carbonyl (C=O) groups is 2. The fraction of sp³-hybridized carbons (Fsp3) is 0.579. The molecule has 0 unspecified atom stereocenters. The highest BCUT2D eigenvalue weighted by molar-refractivity contribution is 5.89. The van der Waals surface area contributed by atoms with E-state index in [1.54, 1.807) is 13.0 Å². The molecule has 0 atom stereocenters. The molecule has 7 nitrogen and oxygen atoms in total. The molecule has 0 aliphatic heterocycles. The Hall–Kier alpha value is -2.35. The number of hydrogen-bond acceptors (Lipinski definition) is 4. The first-order valence-corrected chi connectivity index (χ1v) is 9.40. The van der Waals surface area contributed by atoms with Crippen molar-refractivity contribution < 1.29 is 23.8 Å². The molecular weight excluding hydrogens is 353 g/mol. The summed E-state index contributed by atoms with van der Waals surface area (Å²) in [6.07, 6.45) is 3.80. The summed E-state index contributed by atoms with van der Waals surface area (Å²) in [4.78, 5) is 25.2. The number of halogens is 1. The van der Waals surface area contributed by atoms with Gasteiger partial charge in [0, 0.05) is 30.4 Å². The van der Waals surface area contributed by atoms with Crippen LogP contribution in [-0.4, -0.2) is 53.8 Å². The van der Waals surface area contributed by atoms with Crippen molar-refractivity contribution in [2.45, 2.75) is 44.7 Å². The fourth-order valence-corrected chi connectivity index (χ4v) is 3.36. The molecule has 0 radical (unpaired) electrons. The molecule has 1 aromatic rings. The van der Waals surface area contributed by atoms with Crippen LogP contribution in [0.2, 0.25) is 0 Å². The summed E-state index contributed by atoms with van der Waals surface area (Å²) in [6, 6.07) is 4.08. The van der Waals surface area contributed by atoms with Crippen LogP contribution in [0.15, 0.2) is 18.2 Å². The smallest absolute Gasteiger partial charge is 0.319 e. The molecule has 27 heavy (non-hydrogen) atoms. The average Bonchev–Trinajstić information content (AvgIpc) is 3.36. The van der Waals surface area contributed by atoms with Crippen LogP contribution in [-0.2, 0) is 4.79 Å². The lowest BCUT2D eigenvalue weighted by Crippen LogP contribution is -2.55. The van der Waals surface area contributed by atoms with E-state index >= 15 is 0 Å². The highest BCUT2D eigenvalue weighted by Crippen LogP contribution is 2.33. The number of hydrogen-bond donors (Lipinski definition) is 3. The third kappa shape index (κ3) is 5.56. The van der Waals surface area contributed by atoms with Crippen LogP contribution in [0.4, 0.5) is 14.9 Å². The number of amides is 2. The number of ether oxygens (including phenoxy) is 1. The van der Waals surface area contributed by atoms with E-state index in [0.717, 1.165) is 19.4 Å². The molecule has 1 aromatic carbocycles. The molecule has 2 fully saturated rings. The summed E-state index contributed by atoms with van der Waals surface area (Å²) < 4.78 is 19.0. The minimum Gasteiger partial charge on any atom is -0.491 e. The highest BCUT2D eigenvalue weighted by atomic mass is 19.1. The molecule has 0 bridgehead atoms. The Morgan fingerprint density at radius 1 is 1.33 bits per heavy atom. The van der Waals surface area contributed by atoms with Crippen LogP contribution in [0, 0.1) is 11.7 Å². The van der Waals surface area contributed by atoms with Crippen molar-refractivity contribution in [3.8, 4) is 5.75 Å². The van der Waals surface area contributed by atoms with Gasteiger partial charge in [0.2, 0.25) is 0 Å². The van der Waals surface area contributed by atoms with Gasteiger partial charge in [0.05, 0.1) is 13.2 Å². The summed E-state index contributed by atoms with van der Waals surface area (Å²) in [5.41, 5.74) is 0.352. The van der Waals surface area contributed by atoms with Crippen molar-refractivity contribution in [1.82, 2.24) is 10.2 Å². The van der Waals surface area contributed by atoms with E-state index in [9.17, 15) is 14.0 Å². The van der Waals surface area contributed by atoms with Gasteiger partial charge >= 0.3 is 12.0 Å². The number of anilines is 1. The Morgan fingerprint density at radius 3 is 2.67 bits per heavy atom. The highest BCUT2D eigenvalue weighted by Gasteiger charge is 2.37. The maximum Gasteiger partial charge on any atom is 0.319 e. The maximum atomic E-state index is 13.8. The standard InChI is InChI=1S/C19H26FN3O4/c1-2-27-17-6-5-13(9-16(17)20)21-19(26)22-14-7-15(8-14)23(11-18(24)25)10-12-3-4-12/h5-6,9,12,14-15H,2-4,7-8,10-11H2,1H3,(H,24,25)(H2,21,22,26). The van der Waals surface area contributed by atoms with Gasteiger partial charge in [-0.25, -0.2) is 9.18 Å². The van der Waals surface area contributed by atoms with Crippen LogP contribution in [0.1, 0.15) is 32.6 Å². The molecule has 0 spiro atoms. The zero-order chi connectivity index (χ0) is 19.4. The molecule has 2 aliphatic rings. The molecule has 2 aliphatic carbocycles. The number of rotatable bonds is 9. The van der Waals surface area contributed by atoms with Crippen LogP contribution in [0.5, 0.6) is 5.75 Å². The monoisotopic (exact) mass is 379 g/mol. The summed E-state index contributed by atoms with van der Waals surface area (Å²) in [6.45, 7) is 3.01. The van der Waals surface area contributed by atoms with Crippen molar-refractivity contribution in [1.29, 1.82) is 0 Å². The third-order valence-electron chi connectivity index (χ3n) is 4.98. The summed E-state index contributed by atoms with van der Waals surface area (Å²) >= 11 is 0. The molecule has 148 valence electrons. The molecule has 0 aromatic heterocycles. The molecule has 8 heteroatoms. The van der Waals surface area contributed by atoms with Crippen molar-refractivity contribution in [2.24, 2.45) is 5.92 Å². The van der Waals surface area contributed by atoms with Crippen LogP contribution in [0.3, 0.4) is 0 Å². The number of carboxylic acids is 1. The van der Waals surface area contributed by atoms with E-state index in [4.69, 9.17) is 9.84 Å². The van der Waals surface area contributed by atoms with Crippen LogP contribution < -0.4 is 15.4 Å². The molecule has 2 amide bonds. The lowest BCUT2D eigenvalue weighted by molar-refractivity contribution is -0.139. The molecule has 0 saturated heterocycles. The summed E-state index contributed by atoms with van der Waals surface area (Å²) in [5, 5.41) is 14.5. The van der Waals surface area contributed by atoms with Gasteiger partial charge in [-0.3, -0.25) is 9.69 Å². The van der Waals surface area contributed by atoms with E-state index in [-0.39, 0.29) is 24.4 Å². The Bertz CT molecular complexity index is 690. The van der Waals surface area contributed by atoms with Crippen LogP contribution in [0.25, 0.3) is 0 Å². The van der Waals surface area contributed by atoms with E-state index in [0.29, 0.717) is 18.2 Å². The first kappa shape index (κ1) is 19.4. The quantitative estimate of drug-likeness (QED) is 0.614. The zero-order valence-electron chi connectivity index (χ0n) is 15.4. The lowest BCUT2D eigenvalue weighted by atomic mass is 9.85. The second kappa shape index (κ2) is 8.56.